The van der Waals surface area contributed by atoms with Crippen molar-refractivity contribution in [3.8, 4) is 0 Å². The van der Waals surface area contributed by atoms with Gasteiger partial charge in [0.15, 0.2) is 0 Å². The number of aryl methyl sites for hydroxylation is 4. The maximum Gasteiger partial charge on any atom is 0.270 e. The zero-order valence-electron chi connectivity index (χ0n) is 18.5. The average Bonchev–Trinajstić information content (AvgIpc) is 2.65. The summed E-state index contributed by atoms with van der Waals surface area (Å²) in [4.78, 5) is 30.9. The smallest absolute Gasteiger partial charge is 0.270 e. The Bertz CT molecular complexity index is 883. The van der Waals surface area contributed by atoms with Crippen molar-refractivity contribution in [3.05, 3.63) is 63.5 Å². The Morgan fingerprint density at radius 2 is 1.62 bits per heavy atom. The van der Waals surface area contributed by atoms with Crippen LogP contribution < -0.4 is 10.6 Å². The van der Waals surface area contributed by atoms with E-state index < -0.39 is 0 Å². The second-order valence-electron chi connectivity index (χ2n) is 7.88. The van der Waals surface area contributed by atoms with Crippen LogP contribution in [-0.2, 0) is 6.42 Å². The molecule has 2 rings (SSSR count). The number of hydrogen-bond donors (Lipinski definition) is 2. The van der Waals surface area contributed by atoms with Crippen molar-refractivity contribution in [1.82, 2.24) is 20.5 Å². The molecule has 6 nitrogen and oxygen atoms in total. The summed E-state index contributed by atoms with van der Waals surface area (Å²) in [6, 6.07) is 5.93. The Hall–Kier alpha value is -2.73. The summed E-state index contributed by atoms with van der Waals surface area (Å²) in [6.07, 6.45) is 2.49. The van der Waals surface area contributed by atoms with Gasteiger partial charge in [0.1, 0.15) is 5.69 Å². The third-order valence-electron chi connectivity index (χ3n) is 5.28. The van der Waals surface area contributed by atoms with E-state index in [-0.39, 0.29) is 17.9 Å². The molecule has 0 aliphatic carbocycles. The molecule has 0 fully saturated rings. The van der Waals surface area contributed by atoms with Crippen molar-refractivity contribution in [2.45, 2.75) is 40.2 Å². The molecule has 156 valence electrons. The quantitative estimate of drug-likeness (QED) is 0.754. The van der Waals surface area contributed by atoms with Crippen LogP contribution in [0.5, 0.6) is 0 Å². The van der Waals surface area contributed by atoms with E-state index in [1.54, 1.807) is 13.2 Å². The lowest BCUT2D eigenvalue weighted by Gasteiger charge is -2.26. The second-order valence-corrected chi connectivity index (χ2v) is 7.88. The molecule has 0 aliphatic heterocycles. The Morgan fingerprint density at radius 3 is 2.14 bits per heavy atom. The Balaban J connectivity index is 2.14. The summed E-state index contributed by atoms with van der Waals surface area (Å²) in [5.74, 6) is -0.238. The maximum atomic E-state index is 12.6. The Kier molecular flexibility index (Phi) is 7.51. The van der Waals surface area contributed by atoms with Crippen LogP contribution >= 0.6 is 0 Å². The molecule has 2 amide bonds. The van der Waals surface area contributed by atoms with Gasteiger partial charge in [0.25, 0.3) is 11.8 Å². The highest BCUT2D eigenvalue weighted by molar-refractivity contribution is 5.94. The molecule has 0 unspecified atom stereocenters. The predicted molar refractivity (Wildman–Crippen MR) is 117 cm³/mol. The standard InChI is InChI=1S/C23H32N4O2/c1-14-8-17(4)21(25-12-14)23(29)26-13-19(27(6)7)11-20-15(2)9-18(10-16(20)3)22(28)24-5/h8-10,12,19H,11,13H2,1-7H3,(H,24,28)(H,26,29)/t19-/m0/s1. The van der Waals surface area contributed by atoms with Crippen molar-refractivity contribution in [2.75, 3.05) is 27.7 Å². The van der Waals surface area contributed by atoms with Crippen molar-refractivity contribution in [3.63, 3.8) is 0 Å². The highest BCUT2D eigenvalue weighted by atomic mass is 16.2. The second kappa shape index (κ2) is 9.65. The minimum Gasteiger partial charge on any atom is -0.355 e. The number of nitrogens with zero attached hydrogens (tertiary/aromatic N) is 2. The summed E-state index contributed by atoms with van der Waals surface area (Å²) >= 11 is 0. The van der Waals surface area contributed by atoms with Crippen molar-refractivity contribution in [1.29, 1.82) is 0 Å². The van der Waals surface area contributed by atoms with Crippen molar-refractivity contribution in [2.24, 2.45) is 0 Å². The maximum absolute atomic E-state index is 12.6. The summed E-state index contributed by atoms with van der Waals surface area (Å²) in [6.45, 7) is 8.43. The number of carbonyl (C=O) groups excluding carboxylic acids is 2. The molecule has 2 N–H and O–H groups in total. The topological polar surface area (TPSA) is 74.3 Å². The van der Waals surface area contributed by atoms with Crippen LogP contribution in [0.3, 0.4) is 0 Å². The van der Waals surface area contributed by atoms with Crippen LogP contribution in [0.4, 0.5) is 0 Å². The molecular formula is C23H32N4O2. The summed E-state index contributed by atoms with van der Waals surface area (Å²) in [5.41, 5.74) is 6.42. The number of carbonyl (C=O) groups is 2. The normalized spacial score (nSPS) is 12.0. The lowest BCUT2D eigenvalue weighted by atomic mass is 9.93. The molecule has 0 saturated heterocycles. The summed E-state index contributed by atoms with van der Waals surface area (Å²) < 4.78 is 0. The van der Waals surface area contributed by atoms with Gasteiger partial charge in [0.05, 0.1) is 0 Å². The van der Waals surface area contributed by atoms with E-state index in [2.05, 4.69) is 20.5 Å². The Labute approximate surface area is 173 Å². The van der Waals surface area contributed by atoms with Crippen LogP contribution in [0.25, 0.3) is 0 Å². The molecule has 0 saturated carbocycles. The molecule has 0 radical (unpaired) electrons. The molecule has 0 spiro atoms. The van der Waals surface area contributed by atoms with Crippen molar-refractivity contribution >= 4 is 11.8 Å². The molecule has 1 aromatic heterocycles. The van der Waals surface area contributed by atoms with Gasteiger partial charge in [-0.15, -0.1) is 0 Å². The first-order valence-electron chi connectivity index (χ1n) is 9.84. The Morgan fingerprint density at radius 1 is 1.00 bits per heavy atom. The number of aromatic nitrogens is 1. The van der Waals surface area contributed by atoms with E-state index in [0.717, 1.165) is 28.7 Å². The molecular weight excluding hydrogens is 364 g/mol. The summed E-state index contributed by atoms with van der Waals surface area (Å²) in [7, 11) is 5.65. The first-order chi connectivity index (χ1) is 13.6. The first kappa shape index (κ1) is 22.6. The minimum atomic E-state index is -0.155. The molecule has 0 aliphatic rings. The number of nitrogens with one attached hydrogen (secondary N) is 2. The van der Waals surface area contributed by atoms with Gasteiger partial charge in [0, 0.05) is 31.4 Å². The molecule has 1 aromatic carbocycles. The minimum absolute atomic E-state index is 0.0832. The van der Waals surface area contributed by atoms with Gasteiger partial charge in [-0.25, -0.2) is 0 Å². The molecule has 6 heteroatoms. The van der Waals surface area contributed by atoms with Gasteiger partial charge in [-0.05, 0) is 88.2 Å². The van der Waals surface area contributed by atoms with Crippen LogP contribution in [0, 0.1) is 27.7 Å². The largest absolute Gasteiger partial charge is 0.355 e. The molecule has 2 aromatic rings. The number of hydrogen-bond acceptors (Lipinski definition) is 4. The third kappa shape index (κ3) is 5.64. The highest BCUT2D eigenvalue weighted by Crippen LogP contribution is 2.20. The van der Waals surface area contributed by atoms with Crippen molar-refractivity contribution < 1.29 is 9.59 Å². The predicted octanol–water partition coefficient (Wildman–Crippen LogP) is 2.58. The lowest BCUT2D eigenvalue weighted by Crippen LogP contribution is -2.42. The highest BCUT2D eigenvalue weighted by Gasteiger charge is 2.19. The number of rotatable bonds is 7. The van der Waals surface area contributed by atoms with Crippen LogP contribution in [0.1, 0.15) is 48.7 Å². The zero-order chi connectivity index (χ0) is 21.7. The van der Waals surface area contributed by atoms with E-state index in [9.17, 15) is 9.59 Å². The van der Waals surface area contributed by atoms with Crippen LogP contribution in [0.15, 0.2) is 24.4 Å². The van der Waals surface area contributed by atoms with E-state index in [0.29, 0.717) is 17.8 Å². The van der Waals surface area contributed by atoms with E-state index >= 15 is 0 Å². The SMILES string of the molecule is CNC(=O)c1cc(C)c(C[C@@H](CNC(=O)c2ncc(C)cc2C)N(C)C)c(C)c1. The van der Waals surface area contributed by atoms with Gasteiger partial charge in [-0.3, -0.25) is 14.6 Å². The number of likely N-dealkylation sites (N-methyl/N-ethyl adjacent to an activating group) is 1. The zero-order valence-corrected chi connectivity index (χ0v) is 18.5. The molecule has 1 atom stereocenters. The van der Waals surface area contributed by atoms with E-state index in [4.69, 9.17) is 0 Å². The van der Waals surface area contributed by atoms with E-state index in [1.165, 1.54) is 5.56 Å². The van der Waals surface area contributed by atoms with Gasteiger partial charge < -0.3 is 15.5 Å². The van der Waals surface area contributed by atoms with Crippen LogP contribution in [0.2, 0.25) is 0 Å². The van der Waals surface area contributed by atoms with Gasteiger partial charge in [0.2, 0.25) is 0 Å². The molecule has 0 bridgehead atoms. The van der Waals surface area contributed by atoms with Crippen LogP contribution in [-0.4, -0.2) is 55.4 Å². The van der Waals surface area contributed by atoms with Gasteiger partial charge >= 0.3 is 0 Å². The fraction of sp³-hybridized carbons (Fsp3) is 0.435. The molecule has 1 heterocycles. The van der Waals surface area contributed by atoms with Gasteiger partial charge in [-0.2, -0.15) is 0 Å². The number of amides is 2. The average molecular weight is 397 g/mol. The van der Waals surface area contributed by atoms with E-state index in [1.807, 2.05) is 60.0 Å². The monoisotopic (exact) mass is 396 g/mol. The fourth-order valence-electron chi connectivity index (χ4n) is 3.51. The lowest BCUT2D eigenvalue weighted by molar-refractivity contribution is 0.0933. The molecule has 29 heavy (non-hydrogen) atoms. The first-order valence-corrected chi connectivity index (χ1v) is 9.84. The summed E-state index contributed by atoms with van der Waals surface area (Å²) in [5, 5.41) is 5.70. The van der Waals surface area contributed by atoms with Gasteiger partial charge in [-0.1, -0.05) is 6.07 Å². The third-order valence-corrected chi connectivity index (χ3v) is 5.28. The number of pyridine rings is 1. The fourth-order valence-corrected chi connectivity index (χ4v) is 3.51. The number of benzene rings is 1.